The SMILES string of the molecule is Clc1nnc(Cn2cc(Br)cn2)s1. The molecule has 0 amide bonds. The number of rotatable bonds is 2. The summed E-state index contributed by atoms with van der Waals surface area (Å²) in [6.07, 6.45) is 3.60. The molecule has 0 saturated carbocycles. The van der Waals surface area contributed by atoms with E-state index in [0.29, 0.717) is 11.0 Å². The third kappa shape index (κ3) is 2.26. The van der Waals surface area contributed by atoms with E-state index in [1.807, 2.05) is 6.20 Å². The van der Waals surface area contributed by atoms with Gasteiger partial charge in [-0.2, -0.15) is 5.10 Å². The summed E-state index contributed by atoms with van der Waals surface area (Å²) in [6, 6.07) is 0. The molecule has 0 saturated heterocycles. The molecular weight excluding hydrogens is 276 g/mol. The van der Waals surface area contributed by atoms with Gasteiger partial charge in [0.05, 0.1) is 17.2 Å². The summed E-state index contributed by atoms with van der Waals surface area (Å²) in [6.45, 7) is 0.607. The first-order chi connectivity index (χ1) is 6.24. The van der Waals surface area contributed by atoms with Crippen LogP contribution < -0.4 is 0 Å². The molecular formula is C6H4BrClN4S. The lowest BCUT2D eigenvalue weighted by molar-refractivity contribution is 0.677. The molecule has 0 bridgehead atoms. The number of hydrogen-bond donors (Lipinski definition) is 0. The van der Waals surface area contributed by atoms with Crippen molar-refractivity contribution in [3.05, 3.63) is 26.3 Å². The van der Waals surface area contributed by atoms with Crippen LogP contribution in [-0.2, 0) is 6.54 Å². The average molecular weight is 280 g/mol. The van der Waals surface area contributed by atoms with Gasteiger partial charge in [-0.25, -0.2) is 0 Å². The van der Waals surface area contributed by atoms with E-state index in [0.717, 1.165) is 9.48 Å². The van der Waals surface area contributed by atoms with Gasteiger partial charge >= 0.3 is 0 Å². The van der Waals surface area contributed by atoms with E-state index in [9.17, 15) is 0 Å². The second kappa shape index (κ2) is 3.73. The van der Waals surface area contributed by atoms with E-state index in [4.69, 9.17) is 11.6 Å². The van der Waals surface area contributed by atoms with Crippen LogP contribution in [0.15, 0.2) is 16.9 Å². The van der Waals surface area contributed by atoms with Crippen LogP contribution in [-0.4, -0.2) is 20.0 Å². The monoisotopic (exact) mass is 278 g/mol. The molecule has 0 atom stereocenters. The maximum Gasteiger partial charge on any atom is 0.207 e. The topological polar surface area (TPSA) is 43.6 Å². The lowest BCUT2D eigenvalue weighted by Crippen LogP contribution is -1.98. The van der Waals surface area contributed by atoms with Crippen molar-refractivity contribution < 1.29 is 0 Å². The second-order valence-electron chi connectivity index (χ2n) is 2.30. The molecule has 2 heterocycles. The molecule has 0 aliphatic heterocycles. The van der Waals surface area contributed by atoms with Crippen molar-refractivity contribution in [2.75, 3.05) is 0 Å². The van der Waals surface area contributed by atoms with Crippen LogP contribution in [0.25, 0.3) is 0 Å². The molecule has 7 heteroatoms. The molecule has 2 rings (SSSR count). The van der Waals surface area contributed by atoms with Crippen LogP contribution in [0.3, 0.4) is 0 Å². The minimum atomic E-state index is 0.459. The summed E-state index contributed by atoms with van der Waals surface area (Å²) < 4.78 is 3.17. The van der Waals surface area contributed by atoms with E-state index >= 15 is 0 Å². The van der Waals surface area contributed by atoms with E-state index in [1.165, 1.54) is 11.3 Å². The lowest BCUT2D eigenvalue weighted by Gasteiger charge is -1.93. The third-order valence-electron chi connectivity index (χ3n) is 1.34. The summed E-state index contributed by atoms with van der Waals surface area (Å²) in [5.41, 5.74) is 0. The lowest BCUT2D eigenvalue weighted by atomic mass is 10.7. The van der Waals surface area contributed by atoms with E-state index in [1.54, 1.807) is 10.9 Å². The predicted molar refractivity (Wildman–Crippen MR) is 53.9 cm³/mol. The van der Waals surface area contributed by atoms with Gasteiger partial charge in [0.2, 0.25) is 4.47 Å². The van der Waals surface area contributed by atoms with Gasteiger partial charge < -0.3 is 0 Å². The Kier molecular flexibility index (Phi) is 2.61. The highest BCUT2D eigenvalue weighted by Crippen LogP contribution is 2.16. The fraction of sp³-hybridized carbons (Fsp3) is 0.167. The van der Waals surface area contributed by atoms with Gasteiger partial charge in [-0.3, -0.25) is 4.68 Å². The van der Waals surface area contributed by atoms with Gasteiger partial charge in [0, 0.05) is 6.20 Å². The second-order valence-corrected chi connectivity index (χ2v) is 4.86. The van der Waals surface area contributed by atoms with Crippen molar-refractivity contribution in [1.82, 2.24) is 20.0 Å². The minimum Gasteiger partial charge on any atom is -0.265 e. The number of halogens is 2. The highest BCUT2D eigenvalue weighted by atomic mass is 79.9. The quantitative estimate of drug-likeness (QED) is 0.846. The third-order valence-corrected chi connectivity index (χ3v) is 2.75. The number of hydrogen-bond acceptors (Lipinski definition) is 4. The Morgan fingerprint density at radius 2 is 2.38 bits per heavy atom. The van der Waals surface area contributed by atoms with Crippen LogP contribution in [0, 0.1) is 0 Å². The van der Waals surface area contributed by atoms with Gasteiger partial charge in [-0.05, 0) is 27.5 Å². The Balaban J connectivity index is 2.14. The summed E-state index contributed by atoms with van der Waals surface area (Å²) in [5.74, 6) is 0. The highest BCUT2D eigenvalue weighted by Gasteiger charge is 2.03. The van der Waals surface area contributed by atoms with E-state index in [-0.39, 0.29) is 0 Å². The Hall–Kier alpha value is -0.460. The molecule has 4 nitrogen and oxygen atoms in total. The van der Waals surface area contributed by atoms with E-state index in [2.05, 4.69) is 31.2 Å². The van der Waals surface area contributed by atoms with Crippen LogP contribution in [0.1, 0.15) is 5.01 Å². The van der Waals surface area contributed by atoms with E-state index < -0.39 is 0 Å². The molecule has 0 aromatic carbocycles. The van der Waals surface area contributed by atoms with Gasteiger partial charge in [0.1, 0.15) is 5.01 Å². The van der Waals surface area contributed by atoms with Crippen molar-refractivity contribution >= 4 is 38.9 Å². The molecule has 0 aliphatic carbocycles. The predicted octanol–water partition coefficient (Wildman–Crippen LogP) is 2.20. The maximum absolute atomic E-state index is 5.64. The molecule has 2 aromatic heterocycles. The first kappa shape index (κ1) is 9.11. The Morgan fingerprint density at radius 1 is 1.54 bits per heavy atom. The molecule has 0 unspecified atom stereocenters. The fourth-order valence-electron chi connectivity index (χ4n) is 0.860. The van der Waals surface area contributed by atoms with Crippen LogP contribution in [0.2, 0.25) is 4.47 Å². The molecule has 0 fully saturated rings. The van der Waals surface area contributed by atoms with Crippen molar-refractivity contribution in [2.24, 2.45) is 0 Å². The smallest absolute Gasteiger partial charge is 0.207 e. The van der Waals surface area contributed by atoms with Crippen LogP contribution in [0.5, 0.6) is 0 Å². The van der Waals surface area contributed by atoms with Crippen molar-refractivity contribution in [3.8, 4) is 0 Å². The average Bonchev–Trinajstić information content (AvgIpc) is 2.62. The number of nitrogens with zero attached hydrogens (tertiary/aromatic N) is 4. The summed E-state index contributed by atoms with van der Waals surface area (Å²) >= 11 is 10.3. The molecule has 68 valence electrons. The van der Waals surface area contributed by atoms with Gasteiger partial charge in [-0.1, -0.05) is 11.3 Å². The van der Waals surface area contributed by atoms with Gasteiger partial charge in [0.25, 0.3) is 0 Å². The summed E-state index contributed by atoms with van der Waals surface area (Å²) in [7, 11) is 0. The standard InChI is InChI=1S/C6H4BrClN4S/c7-4-1-9-12(2-4)3-5-10-11-6(8)13-5/h1-2H,3H2. The number of aromatic nitrogens is 4. The highest BCUT2D eigenvalue weighted by molar-refractivity contribution is 9.10. The van der Waals surface area contributed by atoms with Crippen LogP contribution in [0.4, 0.5) is 0 Å². The van der Waals surface area contributed by atoms with Crippen LogP contribution >= 0.6 is 38.9 Å². The fourth-order valence-corrected chi connectivity index (χ4v) is 2.05. The Morgan fingerprint density at radius 3 is 2.92 bits per heavy atom. The Bertz CT molecular complexity index is 374. The zero-order valence-corrected chi connectivity index (χ0v) is 9.47. The molecule has 0 N–H and O–H groups in total. The molecule has 0 aliphatic rings. The maximum atomic E-state index is 5.64. The minimum absolute atomic E-state index is 0.459. The van der Waals surface area contributed by atoms with Crippen molar-refractivity contribution in [1.29, 1.82) is 0 Å². The largest absolute Gasteiger partial charge is 0.265 e. The van der Waals surface area contributed by atoms with Crippen molar-refractivity contribution in [2.45, 2.75) is 6.54 Å². The molecule has 2 aromatic rings. The zero-order chi connectivity index (χ0) is 9.26. The normalized spacial score (nSPS) is 10.6. The molecule has 0 radical (unpaired) electrons. The Labute approximate surface area is 91.7 Å². The molecule has 13 heavy (non-hydrogen) atoms. The summed E-state index contributed by atoms with van der Waals surface area (Å²) in [4.78, 5) is 0. The van der Waals surface area contributed by atoms with Gasteiger partial charge in [-0.15, -0.1) is 10.2 Å². The zero-order valence-electron chi connectivity index (χ0n) is 6.31. The first-order valence-electron chi connectivity index (χ1n) is 3.40. The van der Waals surface area contributed by atoms with Gasteiger partial charge in [0.15, 0.2) is 0 Å². The summed E-state index contributed by atoms with van der Waals surface area (Å²) in [5, 5.41) is 12.5. The first-order valence-corrected chi connectivity index (χ1v) is 5.38. The molecule has 0 spiro atoms. The van der Waals surface area contributed by atoms with Crippen molar-refractivity contribution in [3.63, 3.8) is 0 Å².